The second-order valence-corrected chi connectivity index (χ2v) is 4.83. The number of hydrogen-bond donors (Lipinski definition) is 0. The van der Waals surface area contributed by atoms with Crippen LogP contribution in [0, 0.1) is 12.3 Å². The van der Waals surface area contributed by atoms with Gasteiger partial charge in [0.25, 0.3) is 0 Å². The lowest BCUT2D eigenvalue weighted by atomic mass is 10.1. The lowest BCUT2D eigenvalue weighted by Gasteiger charge is -2.11. The lowest BCUT2D eigenvalue weighted by molar-refractivity contribution is -0.137. The molecule has 3 nitrogen and oxygen atoms in total. The number of nitrogens with zero attached hydrogens (tertiary/aromatic N) is 1. The van der Waals surface area contributed by atoms with Crippen molar-refractivity contribution in [2.24, 2.45) is 0 Å². The maximum Gasteiger partial charge on any atom is 0.416 e. The molecular weight excluding hydrogens is 331 g/mol. The minimum Gasteiger partial charge on any atom is -0.464 e. The van der Waals surface area contributed by atoms with Gasteiger partial charge in [0, 0.05) is 5.56 Å². The van der Waals surface area contributed by atoms with Gasteiger partial charge in [0.05, 0.1) is 29.0 Å². The molecule has 0 aliphatic heterocycles. The van der Waals surface area contributed by atoms with Gasteiger partial charge in [0.2, 0.25) is 0 Å². The van der Waals surface area contributed by atoms with E-state index in [1.54, 1.807) is 0 Å². The zero-order chi connectivity index (χ0) is 17.2. The Balaban J connectivity index is 2.55. The third-order valence-corrected chi connectivity index (χ3v) is 3.31. The van der Waals surface area contributed by atoms with Gasteiger partial charge in [-0.05, 0) is 24.3 Å². The number of terminal acetylenes is 1. The Kier molecular flexibility index (Phi) is 4.62. The van der Waals surface area contributed by atoms with Crippen molar-refractivity contribution < 1.29 is 22.7 Å². The van der Waals surface area contributed by atoms with Crippen molar-refractivity contribution in [3.8, 4) is 23.6 Å². The SMILES string of the molecule is C#Cc1ccc(-c2ccc(C(F)(F)F)cc2Cl)nc1C(=O)OC. The van der Waals surface area contributed by atoms with E-state index in [1.165, 1.54) is 25.3 Å². The van der Waals surface area contributed by atoms with Crippen molar-refractivity contribution >= 4 is 17.6 Å². The molecule has 23 heavy (non-hydrogen) atoms. The van der Waals surface area contributed by atoms with Crippen LogP contribution in [0.15, 0.2) is 30.3 Å². The fourth-order valence-electron chi connectivity index (χ4n) is 1.88. The Hall–Kier alpha value is -2.52. The van der Waals surface area contributed by atoms with Gasteiger partial charge < -0.3 is 4.74 Å². The molecule has 0 amide bonds. The van der Waals surface area contributed by atoms with Crippen molar-refractivity contribution in [3.63, 3.8) is 0 Å². The highest BCUT2D eigenvalue weighted by Gasteiger charge is 2.31. The number of hydrogen-bond acceptors (Lipinski definition) is 3. The van der Waals surface area contributed by atoms with E-state index in [0.717, 1.165) is 12.1 Å². The molecule has 1 heterocycles. The summed E-state index contributed by atoms with van der Waals surface area (Å²) in [6.07, 6.45) is 0.781. The van der Waals surface area contributed by atoms with Gasteiger partial charge in [-0.25, -0.2) is 9.78 Å². The van der Waals surface area contributed by atoms with Gasteiger partial charge in [0.15, 0.2) is 5.69 Å². The van der Waals surface area contributed by atoms with Gasteiger partial charge in [-0.15, -0.1) is 6.42 Å². The van der Waals surface area contributed by atoms with E-state index in [4.69, 9.17) is 18.0 Å². The summed E-state index contributed by atoms with van der Waals surface area (Å²) in [4.78, 5) is 15.7. The Labute approximate surface area is 135 Å². The molecule has 1 aromatic heterocycles. The molecule has 0 aliphatic rings. The molecule has 0 N–H and O–H groups in total. The van der Waals surface area contributed by atoms with E-state index >= 15 is 0 Å². The number of ether oxygens (including phenoxy) is 1. The molecule has 0 fully saturated rings. The van der Waals surface area contributed by atoms with Crippen LogP contribution >= 0.6 is 11.6 Å². The average molecular weight is 340 g/mol. The molecule has 0 atom stereocenters. The van der Waals surface area contributed by atoms with Crippen LogP contribution in [0.3, 0.4) is 0 Å². The summed E-state index contributed by atoms with van der Waals surface area (Å²) in [6.45, 7) is 0. The van der Waals surface area contributed by atoms with Crippen molar-refractivity contribution in [2.45, 2.75) is 6.18 Å². The molecule has 2 aromatic rings. The fourth-order valence-corrected chi connectivity index (χ4v) is 2.15. The molecule has 0 radical (unpaired) electrons. The van der Waals surface area contributed by atoms with Gasteiger partial charge in [-0.2, -0.15) is 13.2 Å². The molecule has 1 aromatic carbocycles. The van der Waals surface area contributed by atoms with Crippen LogP contribution < -0.4 is 0 Å². The molecule has 0 saturated carbocycles. The van der Waals surface area contributed by atoms with Crippen LogP contribution in [0.1, 0.15) is 21.6 Å². The summed E-state index contributed by atoms with van der Waals surface area (Å²) in [5, 5.41) is -0.142. The third-order valence-electron chi connectivity index (χ3n) is 3.00. The molecule has 0 saturated heterocycles. The fraction of sp³-hybridized carbons (Fsp3) is 0.125. The highest BCUT2D eigenvalue weighted by molar-refractivity contribution is 6.33. The number of carbonyl (C=O) groups excluding carboxylic acids is 1. The van der Waals surface area contributed by atoms with E-state index in [-0.39, 0.29) is 27.5 Å². The van der Waals surface area contributed by atoms with Crippen LogP contribution in [0.2, 0.25) is 5.02 Å². The van der Waals surface area contributed by atoms with Gasteiger partial charge in [-0.3, -0.25) is 0 Å². The molecule has 118 valence electrons. The van der Waals surface area contributed by atoms with Crippen molar-refractivity contribution in [1.29, 1.82) is 0 Å². The number of aromatic nitrogens is 1. The summed E-state index contributed by atoms with van der Waals surface area (Å²) >= 11 is 5.91. The second kappa shape index (κ2) is 6.31. The second-order valence-electron chi connectivity index (χ2n) is 4.42. The van der Waals surface area contributed by atoms with E-state index in [2.05, 4.69) is 15.6 Å². The van der Waals surface area contributed by atoms with Gasteiger partial charge >= 0.3 is 12.1 Å². The Bertz CT molecular complexity index is 810. The largest absolute Gasteiger partial charge is 0.464 e. The normalized spacial score (nSPS) is 11.0. The quantitative estimate of drug-likeness (QED) is 0.608. The summed E-state index contributed by atoms with van der Waals surface area (Å²) in [6, 6.07) is 5.78. The average Bonchev–Trinajstić information content (AvgIpc) is 2.52. The number of carbonyl (C=O) groups is 1. The third kappa shape index (κ3) is 3.46. The van der Waals surface area contributed by atoms with E-state index in [0.29, 0.717) is 0 Å². The molecule has 0 bridgehead atoms. The summed E-state index contributed by atoms with van der Waals surface area (Å²) in [5.41, 5.74) is -0.316. The Morgan fingerprint density at radius 2 is 2.00 bits per heavy atom. The van der Waals surface area contributed by atoms with Crippen LogP contribution in [0.4, 0.5) is 13.2 Å². The summed E-state index contributed by atoms with van der Waals surface area (Å²) < 4.78 is 42.6. The van der Waals surface area contributed by atoms with Crippen molar-refractivity contribution in [2.75, 3.05) is 7.11 Å². The highest BCUT2D eigenvalue weighted by Crippen LogP contribution is 2.35. The van der Waals surface area contributed by atoms with Crippen LogP contribution in [0.25, 0.3) is 11.3 Å². The predicted molar refractivity (Wildman–Crippen MR) is 79.0 cm³/mol. The number of benzene rings is 1. The standard InChI is InChI=1S/C16H9ClF3NO2/c1-3-9-4-7-13(21-14(9)15(22)23-2)11-6-5-10(8-12(11)17)16(18,19)20/h1,4-8H,2H3. The Morgan fingerprint density at radius 3 is 2.52 bits per heavy atom. The number of rotatable bonds is 2. The van der Waals surface area contributed by atoms with Crippen molar-refractivity contribution in [1.82, 2.24) is 4.98 Å². The van der Waals surface area contributed by atoms with E-state index in [1.807, 2.05) is 0 Å². The minimum atomic E-state index is -4.50. The molecule has 2 rings (SSSR count). The van der Waals surface area contributed by atoms with Crippen LogP contribution in [-0.4, -0.2) is 18.1 Å². The topological polar surface area (TPSA) is 39.2 Å². The molecule has 0 aliphatic carbocycles. The monoisotopic (exact) mass is 339 g/mol. The predicted octanol–water partition coefficient (Wildman–Crippen LogP) is 4.19. The number of alkyl halides is 3. The first-order chi connectivity index (χ1) is 10.8. The minimum absolute atomic E-state index is 0.108. The number of esters is 1. The first-order valence-corrected chi connectivity index (χ1v) is 6.58. The lowest BCUT2D eigenvalue weighted by Crippen LogP contribution is -2.08. The Morgan fingerprint density at radius 1 is 1.30 bits per heavy atom. The van der Waals surface area contributed by atoms with Gasteiger partial charge in [0.1, 0.15) is 0 Å². The maximum absolute atomic E-state index is 12.7. The van der Waals surface area contributed by atoms with Crippen molar-refractivity contribution in [3.05, 3.63) is 52.2 Å². The molecule has 0 unspecified atom stereocenters. The molecular formula is C16H9ClF3NO2. The maximum atomic E-state index is 12.7. The zero-order valence-corrected chi connectivity index (χ0v) is 12.5. The smallest absolute Gasteiger partial charge is 0.416 e. The van der Waals surface area contributed by atoms with Crippen LogP contribution in [-0.2, 0) is 10.9 Å². The first kappa shape index (κ1) is 16.8. The summed E-state index contributed by atoms with van der Waals surface area (Å²) in [5.74, 6) is 1.54. The van der Waals surface area contributed by atoms with Crippen LogP contribution in [0.5, 0.6) is 0 Å². The van der Waals surface area contributed by atoms with E-state index in [9.17, 15) is 18.0 Å². The number of methoxy groups -OCH3 is 1. The first-order valence-electron chi connectivity index (χ1n) is 6.21. The molecule has 7 heteroatoms. The van der Waals surface area contributed by atoms with Gasteiger partial charge in [-0.1, -0.05) is 23.6 Å². The summed E-state index contributed by atoms with van der Waals surface area (Å²) in [7, 11) is 1.17. The zero-order valence-electron chi connectivity index (χ0n) is 11.7. The highest BCUT2D eigenvalue weighted by atomic mass is 35.5. The molecule has 0 spiro atoms. The number of pyridine rings is 1. The number of halogens is 4. The van der Waals surface area contributed by atoms with E-state index < -0.39 is 17.7 Å².